The summed E-state index contributed by atoms with van der Waals surface area (Å²) in [5, 5.41) is 8.94. The zero-order valence-corrected chi connectivity index (χ0v) is 18.3. The van der Waals surface area contributed by atoms with Crippen LogP contribution in [0.25, 0.3) is 5.57 Å². The average molecular weight is 480 g/mol. The average Bonchev–Trinajstić information content (AvgIpc) is 2.81. The Hall–Kier alpha value is -3.32. The number of benzene rings is 1. The molecule has 34 heavy (non-hydrogen) atoms. The Morgan fingerprint density at radius 3 is 2.29 bits per heavy atom. The van der Waals surface area contributed by atoms with E-state index in [1.165, 1.54) is 9.80 Å². The molecule has 0 bridgehead atoms. The molecule has 2 heterocycles. The summed E-state index contributed by atoms with van der Waals surface area (Å²) in [6.45, 7) is 5.48. The molecular weight excluding hydrogens is 458 g/mol. The smallest absolute Gasteiger partial charge is 0.353 e. The first-order valence-corrected chi connectivity index (χ1v) is 10.4. The van der Waals surface area contributed by atoms with Gasteiger partial charge in [0.25, 0.3) is 0 Å². The van der Waals surface area contributed by atoms with Gasteiger partial charge in [-0.15, -0.1) is 0 Å². The molecule has 1 aromatic heterocycles. The normalized spacial score (nSPS) is 18.0. The number of rotatable bonds is 5. The summed E-state index contributed by atoms with van der Waals surface area (Å²) >= 11 is 0. The van der Waals surface area contributed by atoms with E-state index < -0.39 is 30.5 Å². The van der Waals surface area contributed by atoms with Crippen LogP contribution in [0.2, 0.25) is 0 Å². The fraction of sp³-hybridized carbons (Fsp3) is 0.333. The van der Waals surface area contributed by atoms with Gasteiger partial charge in [-0.1, -0.05) is 24.8 Å². The lowest BCUT2D eigenvalue weighted by Gasteiger charge is -2.43. The van der Waals surface area contributed by atoms with Crippen molar-refractivity contribution in [1.29, 1.82) is 5.26 Å². The number of piperazine rings is 1. The van der Waals surface area contributed by atoms with Crippen LogP contribution in [-0.4, -0.2) is 48.3 Å². The summed E-state index contributed by atoms with van der Waals surface area (Å²) in [5.74, 6) is 0.0650. The highest BCUT2D eigenvalue weighted by atomic mass is 19.4. The third kappa shape index (κ3) is 5.78. The molecule has 3 rings (SSSR count). The van der Waals surface area contributed by atoms with E-state index >= 15 is 0 Å². The minimum atomic E-state index is -4.57. The fourth-order valence-corrected chi connectivity index (χ4v) is 3.78. The van der Waals surface area contributed by atoms with E-state index in [1.54, 1.807) is 37.3 Å². The molecule has 1 atom stereocenters. The van der Waals surface area contributed by atoms with Gasteiger partial charge in [-0.25, -0.2) is 4.98 Å². The number of allylic oxidation sites excluding steroid dienone is 1. The Labute approximate surface area is 193 Å². The lowest BCUT2D eigenvalue weighted by molar-refractivity contribution is -0.183. The maximum Gasteiger partial charge on any atom is 0.417 e. The predicted molar refractivity (Wildman–Crippen MR) is 117 cm³/mol. The first-order chi connectivity index (χ1) is 15.9. The number of nitriles is 1. The minimum Gasteiger partial charge on any atom is -0.353 e. The molecule has 1 saturated heterocycles. The maximum atomic E-state index is 14.0. The summed E-state index contributed by atoms with van der Waals surface area (Å²) in [7, 11) is 0. The Morgan fingerprint density at radius 1 is 1.12 bits per heavy atom. The van der Waals surface area contributed by atoms with Crippen molar-refractivity contribution in [3.63, 3.8) is 0 Å². The van der Waals surface area contributed by atoms with Crippen LogP contribution in [0.3, 0.4) is 0 Å². The topological polar surface area (TPSA) is 43.2 Å². The number of pyridine rings is 1. The molecule has 10 heteroatoms. The molecule has 1 aliphatic heterocycles. The van der Waals surface area contributed by atoms with Gasteiger partial charge in [0.05, 0.1) is 17.2 Å². The molecule has 0 aliphatic carbocycles. The largest absolute Gasteiger partial charge is 0.417 e. The molecule has 0 saturated carbocycles. The number of aromatic nitrogens is 1. The summed E-state index contributed by atoms with van der Waals surface area (Å²) in [6.07, 6.45) is -6.79. The molecule has 4 nitrogen and oxygen atoms in total. The van der Waals surface area contributed by atoms with E-state index in [9.17, 15) is 26.3 Å². The highest BCUT2D eigenvalue weighted by molar-refractivity contribution is 5.77. The van der Waals surface area contributed by atoms with Crippen LogP contribution in [-0.2, 0) is 6.18 Å². The number of halogens is 6. The number of nitrogens with zero attached hydrogens (tertiary/aromatic N) is 4. The van der Waals surface area contributed by atoms with Crippen LogP contribution in [0.1, 0.15) is 23.6 Å². The third-order valence-corrected chi connectivity index (χ3v) is 5.74. The number of hydrogen-bond donors (Lipinski definition) is 0. The van der Waals surface area contributed by atoms with Gasteiger partial charge in [-0.05, 0) is 47.9 Å². The molecule has 0 unspecified atom stereocenters. The van der Waals surface area contributed by atoms with E-state index in [1.807, 2.05) is 6.07 Å². The number of anilines is 1. The third-order valence-electron chi connectivity index (χ3n) is 5.74. The van der Waals surface area contributed by atoms with Gasteiger partial charge >= 0.3 is 12.4 Å². The summed E-state index contributed by atoms with van der Waals surface area (Å²) in [4.78, 5) is 6.38. The predicted octanol–water partition coefficient (Wildman–Crippen LogP) is 5.68. The molecule has 2 aromatic rings. The van der Waals surface area contributed by atoms with Gasteiger partial charge in [0.15, 0.2) is 0 Å². The Morgan fingerprint density at radius 2 is 1.79 bits per heavy atom. The van der Waals surface area contributed by atoms with Crippen molar-refractivity contribution in [1.82, 2.24) is 9.88 Å². The van der Waals surface area contributed by atoms with Crippen LogP contribution in [0.15, 0.2) is 60.8 Å². The van der Waals surface area contributed by atoms with E-state index in [4.69, 9.17) is 5.26 Å². The van der Waals surface area contributed by atoms with Crippen LogP contribution in [0, 0.1) is 11.3 Å². The monoisotopic (exact) mass is 480 g/mol. The SMILES string of the molecule is C=C(/C(=C\C)CN1CCN(c2ccc(C(F)(F)F)cn2)C[C@@H]1C(F)(F)F)c1ccc(C#N)cc1. The van der Waals surface area contributed by atoms with E-state index in [0.29, 0.717) is 28.5 Å². The second kappa shape index (κ2) is 9.89. The van der Waals surface area contributed by atoms with Crippen molar-refractivity contribution < 1.29 is 26.3 Å². The van der Waals surface area contributed by atoms with Crippen molar-refractivity contribution in [2.75, 3.05) is 31.1 Å². The van der Waals surface area contributed by atoms with Crippen LogP contribution >= 0.6 is 0 Å². The van der Waals surface area contributed by atoms with Crippen molar-refractivity contribution in [2.24, 2.45) is 0 Å². The summed E-state index contributed by atoms with van der Waals surface area (Å²) in [5.41, 5.74) is 1.37. The summed E-state index contributed by atoms with van der Waals surface area (Å²) in [6, 6.07) is 8.70. The van der Waals surface area contributed by atoms with Crippen molar-refractivity contribution in [2.45, 2.75) is 25.3 Å². The van der Waals surface area contributed by atoms with Gasteiger partial charge in [0, 0.05) is 32.4 Å². The highest BCUT2D eigenvalue weighted by Crippen LogP contribution is 2.33. The first-order valence-electron chi connectivity index (χ1n) is 10.4. The zero-order valence-electron chi connectivity index (χ0n) is 18.3. The quantitative estimate of drug-likeness (QED) is 0.408. The molecule has 180 valence electrons. The molecule has 0 spiro atoms. The van der Waals surface area contributed by atoms with Crippen molar-refractivity contribution in [3.05, 3.63) is 77.5 Å². The number of alkyl halides is 6. The number of hydrogen-bond acceptors (Lipinski definition) is 4. The molecule has 0 radical (unpaired) electrons. The van der Waals surface area contributed by atoms with Gasteiger partial charge < -0.3 is 4.90 Å². The minimum absolute atomic E-state index is 0.00616. The molecular formula is C24H22F6N4. The standard InChI is InChI=1S/C24H22F6N4/c1-3-18(16(2)19-6-4-17(12-31)5-7-19)14-33-10-11-34(15-21(33)24(28,29)30)22-9-8-20(13-32-22)23(25,26)27/h3-9,13,21H,2,10-11,14-15H2,1H3/b18-3-/t21-/m1/s1. The maximum absolute atomic E-state index is 14.0. The first kappa shape index (κ1) is 25.3. The second-order valence-electron chi connectivity index (χ2n) is 7.86. The lowest BCUT2D eigenvalue weighted by Crippen LogP contribution is -2.59. The second-order valence-corrected chi connectivity index (χ2v) is 7.86. The Balaban J connectivity index is 1.77. The van der Waals surface area contributed by atoms with E-state index in [0.717, 1.165) is 12.1 Å². The highest BCUT2D eigenvalue weighted by Gasteiger charge is 2.47. The summed E-state index contributed by atoms with van der Waals surface area (Å²) < 4.78 is 80.2. The van der Waals surface area contributed by atoms with Crippen molar-refractivity contribution >= 4 is 11.4 Å². The molecule has 1 aliphatic rings. The van der Waals surface area contributed by atoms with E-state index in [-0.39, 0.29) is 25.5 Å². The fourth-order valence-electron chi connectivity index (χ4n) is 3.78. The molecule has 1 aromatic carbocycles. The lowest BCUT2D eigenvalue weighted by atomic mass is 9.97. The Bertz CT molecular complexity index is 1080. The van der Waals surface area contributed by atoms with Gasteiger partial charge in [-0.2, -0.15) is 31.6 Å². The van der Waals surface area contributed by atoms with Crippen LogP contribution in [0.4, 0.5) is 32.2 Å². The van der Waals surface area contributed by atoms with Gasteiger partial charge in [0.1, 0.15) is 11.9 Å². The Kier molecular flexibility index (Phi) is 7.36. The van der Waals surface area contributed by atoms with Crippen LogP contribution < -0.4 is 4.90 Å². The van der Waals surface area contributed by atoms with Gasteiger partial charge in [-0.3, -0.25) is 4.90 Å². The molecule has 1 fully saturated rings. The zero-order chi connectivity index (χ0) is 25.1. The van der Waals surface area contributed by atoms with E-state index in [2.05, 4.69) is 11.6 Å². The van der Waals surface area contributed by atoms with Crippen LogP contribution in [0.5, 0.6) is 0 Å². The molecule has 0 amide bonds. The van der Waals surface area contributed by atoms with Crippen molar-refractivity contribution in [3.8, 4) is 6.07 Å². The molecule has 0 N–H and O–H groups in total. The van der Waals surface area contributed by atoms with Gasteiger partial charge in [0.2, 0.25) is 0 Å².